The number of benzene rings is 1. The molecule has 4 N–H and O–H groups in total. The van der Waals surface area contributed by atoms with Gasteiger partial charge in [-0.05, 0) is 101 Å². The number of nitrogens with one attached hydrogen (secondary N) is 4. The molecule has 1 aromatic heterocycles. The molecule has 2 aromatic rings. The molecule has 8 nitrogen and oxygen atoms in total. The number of aromatic nitrogens is 1. The number of hydrogen-bond donors (Lipinski definition) is 4. The molecule has 1 amide bonds. The summed E-state index contributed by atoms with van der Waals surface area (Å²) in [6.45, 7) is 7.68. The Kier molecular flexibility index (Phi) is 7.09. The molecule has 0 saturated carbocycles. The summed E-state index contributed by atoms with van der Waals surface area (Å²) in [6, 6.07) is 5.78. The van der Waals surface area contributed by atoms with E-state index in [-0.39, 0.29) is 10.8 Å². The largest absolute Gasteiger partial charge is 0.358 e. The monoisotopic (exact) mass is 511 g/mol. The first-order chi connectivity index (χ1) is 17.2. The highest BCUT2D eigenvalue weighted by molar-refractivity contribution is 7.89. The summed E-state index contributed by atoms with van der Waals surface area (Å²) in [6.07, 6.45) is 8.42. The quantitative estimate of drug-likeness (QED) is 0.428. The van der Waals surface area contributed by atoms with E-state index in [4.69, 9.17) is 0 Å². The lowest BCUT2D eigenvalue weighted by molar-refractivity contribution is -0.110. The summed E-state index contributed by atoms with van der Waals surface area (Å²) in [5.74, 6) is -0.202. The molecule has 2 aliphatic heterocycles. The summed E-state index contributed by atoms with van der Waals surface area (Å²) in [4.78, 5) is 19.3. The van der Waals surface area contributed by atoms with Crippen molar-refractivity contribution in [1.29, 1.82) is 0 Å². The number of aryl methyl sites for hydroxylation is 1. The third-order valence-corrected chi connectivity index (χ3v) is 9.03. The van der Waals surface area contributed by atoms with Crippen molar-refractivity contribution in [1.82, 2.24) is 19.9 Å². The molecule has 0 bridgehead atoms. The van der Waals surface area contributed by atoms with Crippen LogP contribution in [0.1, 0.15) is 61.2 Å². The van der Waals surface area contributed by atoms with E-state index in [2.05, 4.69) is 39.1 Å². The number of fused-ring (bicyclic) bond motifs is 2. The Bertz CT molecular complexity index is 1290. The highest BCUT2D eigenvalue weighted by atomic mass is 32.2. The number of amides is 1. The van der Waals surface area contributed by atoms with E-state index in [9.17, 15) is 13.2 Å². The zero-order valence-electron chi connectivity index (χ0n) is 21.4. The molecule has 1 fully saturated rings. The van der Waals surface area contributed by atoms with Gasteiger partial charge in [-0.25, -0.2) is 13.1 Å². The Morgan fingerprint density at radius 2 is 1.89 bits per heavy atom. The topological polar surface area (TPSA) is 106 Å². The zero-order valence-corrected chi connectivity index (χ0v) is 22.2. The second-order valence-corrected chi connectivity index (χ2v) is 12.3. The van der Waals surface area contributed by atoms with Crippen molar-refractivity contribution >= 4 is 33.3 Å². The van der Waals surface area contributed by atoms with Crippen LogP contribution in [0.15, 0.2) is 23.1 Å². The van der Waals surface area contributed by atoms with E-state index in [1.54, 1.807) is 12.1 Å². The van der Waals surface area contributed by atoms with Crippen molar-refractivity contribution in [2.45, 2.75) is 69.4 Å². The Morgan fingerprint density at radius 3 is 2.64 bits per heavy atom. The van der Waals surface area contributed by atoms with Crippen LogP contribution < -0.4 is 15.4 Å². The second-order valence-electron chi connectivity index (χ2n) is 10.4. The van der Waals surface area contributed by atoms with Crippen molar-refractivity contribution < 1.29 is 13.2 Å². The number of rotatable bonds is 7. The molecule has 1 aliphatic carbocycles. The molecule has 9 heteroatoms. The molecule has 1 saturated heterocycles. The fourth-order valence-electron chi connectivity index (χ4n) is 6.03. The number of carbonyl (C=O) groups is 1. The van der Waals surface area contributed by atoms with Crippen LogP contribution >= 0.6 is 0 Å². The third-order valence-electron chi connectivity index (χ3n) is 7.62. The molecule has 0 spiro atoms. The molecule has 3 heterocycles. The number of H-pyrrole nitrogens is 1. The minimum absolute atomic E-state index is 0.150. The average Bonchev–Trinajstić information content (AvgIpc) is 3.35. The third kappa shape index (κ3) is 5.02. The minimum atomic E-state index is -3.61. The maximum Gasteiger partial charge on any atom is 0.256 e. The lowest BCUT2D eigenvalue weighted by atomic mass is 9.92. The highest BCUT2D eigenvalue weighted by Crippen LogP contribution is 2.37. The Hall–Kier alpha value is -2.46. The Morgan fingerprint density at radius 1 is 1.14 bits per heavy atom. The molecule has 0 radical (unpaired) electrons. The van der Waals surface area contributed by atoms with Gasteiger partial charge in [-0.2, -0.15) is 0 Å². The summed E-state index contributed by atoms with van der Waals surface area (Å²) in [5.41, 5.74) is 6.78. The van der Waals surface area contributed by atoms with Gasteiger partial charge in [0.2, 0.25) is 10.0 Å². The predicted octanol–water partition coefficient (Wildman–Crippen LogP) is 2.91. The van der Waals surface area contributed by atoms with Gasteiger partial charge in [-0.1, -0.05) is 0 Å². The van der Waals surface area contributed by atoms with E-state index < -0.39 is 10.0 Å². The maximum absolute atomic E-state index is 12.9. The predicted molar refractivity (Wildman–Crippen MR) is 143 cm³/mol. The fraction of sp³-hybridized carbons (Fsp3) is 0.519. The maximum atomic E-state index is 12.9. The molecule has 5 rings (SSSR count). The van der Waals surface area contributed by atoms with E-state index >= 15 is 0 Å². The molecular weight excluding hydrogens is 474 g/mol. The zero-order chi connectivity index (χ0) is 25.4. The van der Waals surface area contributed by atoms with Crippen molar-refractivity contribution in [2.75, 3.05) is 32.0 Å². The summed E-state index contributed by atoms with van der Waals surface area (Å²) in [7, 11) is -2.22. The van der Waals surface area contributed by atoms with Crippen molar-refractivity contribution in [3.05, 3.63) is 46.3 Å². The number of carbonyl (C=O) groups excluding carboxylic acids is 1. The molecule has 36 heavy (non-hydrogen) atoms. The summed E-state index contributed by atoms with van der Waals surface area (Å²) in [5, 5.41) is 6.49. The van der Waals surface area contributed by atoms with Gasteiger partial charge in [-0.3, -0.25) is 4.79 Å². The highest BCUT2D eigenvalue weighted by Gasteiger charge is 2.28. The number of sulfonamides is 1. The van der Waals surface area contributed by atoms with Gasteiger partial charge in [-0.15, -0.1) is 0 Å². The van der Waals surface area contributed by atoms with Gasteiger partial charge in [0.05, 0.1) is 10.5 Å². The summed E-state index contributed by atoms with van der Waals surface area (Å²) >= 11 is 0. The number of nitrogens with zero attached hydrogens (tertiary/aromatic N) is 1. The normalized spacial score (nSPS) is 23.5. The van der Waals surface area contributed by atoms with Gasteiger partial charge in [0, 0.05) is 47.8 Å². The number of hydrogen-bond acceptors (Lipinski definition) is 5. The number of piperazine rings is 1. The lowest BCUT2D eigenvalue weighted by Crippen LogP contribution is -2.54. The minimum Gasteiger partial charge on any atom is -0.358 e. The molecule has 194 valence electrons. The van der Waals surface area contributed by atoms with Crippen LogP contribution in [0.3, 0.4) is 0 Å². The molecule has 1 aromatic carbocycles. The molecule has 2 atom stereocenters. The van der Waals surface area contributed by atoms with Gasteiger partial charge in [0.15, 0.2) is 0 Å². The first kappa shape index (κ1) is 25.2. The number of aromatic amines is 1. The van der Waals surface area contributed by atoms with Crippen LogP contribution in [0.4, 0.5) is 5.69 Å². The van der Waals surface area contributed by atoms with Crippen molar-refractivity contribution in [3.63, 3.8) is 0 Å². The average molecular weight is 512 g/mol. The van der Waals surface area contributed by atoms with Crippen LogP contribution in [-0.2, 0) is 34.1 Å². The molecular formula is C27H37N5O3S. The number of anilines is 1. The van der Waals surface area contributed by atoms with Crippen molar-refractivity contribution in [2.24, 2.45) is 0 Å². The SMILES string of the molecule is CNS(=O)(=O)c1ccc2c(c1)C(=Cc1[nH]c3c(c1CCCN1CC(C)NC(C)C1)CCCC3)C(=O)N2. The van der Waals surface area contributed by atoms with Crippen LogP contribution in [0, 0.1) is 0 Å². The van der Waals surface area contributed by atoms with Gasteiger partial charge < -0.3 is 20.5 Å². The molecule has 3 aliphatic rings. The van der Waals surface area contributed by atoms with E-state index in [1.165, 1.54) is 42.8 Å². The van der Waals surface area contributed by atoms with Crippen molar-refractivity contribution in [3.8, 4) is 0 Å². The fourth-order valence-corrected chi connectivity index (χ4v) is 6.78. The lowest BCUT2D eigenvalue weighted by Gasteiger charge is -2.36. The van der Waals surface area contributed by atoms with Gasteiger partial charge in [0.1, 0.15) is 0 Å². The Balaban J connectivity index is 1.44. The first-order valence-electron chi connectivity index (χ1n) is 13.1. The van der Waals surface area contributed by atoms with Gasteiger partial charge >= 0.3 is 0 Å². The van der Waals surface area contributed by atoms with Crippen LogP contribution in [0.25, 0.3) is 11.6 Å². The second kappa shape index (κ2) is 10.1. The first-order valence-corrected chi connectivity index (χ1v) is 14.6. The standard InChI is InChI=1S/C27H37N5O3S/c1-17-15-32(16-18(2)29-17)12-6-8-21-20-7-4-5-9-24(20)30-26(21)14-23-22-13-19(36(34,35)28-3)10-11-25(22)31-27(23)33/h10-11,13-14,17-18,28-30H,4-9,12,15-16H2,1-3H3,(H,31,33). The van der Waals surface area contributed by atoms with E-state index in [1.807, 2.05) is 6.08 Å². The van der Waals surface area contributed by atoms with Crippen LogP contribution in [0.5, 0.6) is 0 Å². The van der Waals surface area contributed by atoms with Crippen LogP contribution in [-0.4, -0.2) is 63.0 Å². The van der Waals surface area contributed by atoms with Crippen LogP contribution in [0.2, 0.25) is 0 Å². The van der Waals surface area contributed by atoms with Gasteiger partial charge in [0.25, 0.3) is 5.91 Å². The van der Waals surface area contributed by atoms with E-state index in [0.717, 1.165) is 51.0 Å². The Labute approximate surface area is 214 Å². The van der Waals surface area contributed by atoms with E-state index in [0.29, 0.717) is 28.9 Å². The smallest absolute Gasteiger partial charge is 0.256 e. The molecule has 2 unspecified atom stereocenters. The summed E-state index contributed by atoms with van der Waals surface area (Å²) < 4.78 is 27.1.